The predicted octanol–water partition coefficient (Wildman–Crippen LogP) is 3.88. The Kier molecular flexibility index (Phi) is 6.09. The third-order valence-electron chi connectivity index (χ3n) is 3.97. The maximum absolute atomic E-state index is 12.8. The molecule has 2 N–H and O–H groups in total. The van der Waals surface area contributed by atoms with Crippen LogP contribution in [0.4, 0.5) is 5.69 Å². The molecule has 150 valence electrons. The number of para-hydroxylation sites is 1. The van der Waals surface area contributed by atoms with Crippen molar-refractivity contribution in [1.29, 1.82) is 0 Å². The lowest BCUT2D eigenvalue weighted by Gasteiger charge is -2.09. The zero-order valence-corrected chi connectivity index (χ0v) is 16.4. The van der Waals surface area contributed by atoms with E-state index < -0.39 is 11.8 Å². The van der Waals surface area contributed by atoms with Gasteiger partial charge in [-0.15, -0.1) is 0 Å². The number of ketones is 1. The first-order valence-corrected chi connectivity index (χ1v) is 9.06. The second kappa shape index (κ2) is 8.70. The number of methoxy groups -OCH3 is 1. The first-order valence-electron chi connectivity index (χ1n) is 8.68. The monoisotopic (exact) mass is 415 g/mol. The number of Topliss-reactive ketones (excluding diaryl/α,β-unsaturated/α-hetero) is 1. The molecular formula is C21H18ClNO6. The second-order valence-corrected chi connectivity index (χ2v) is 6.32. The van der Waals surface area contributed by atoms with Crippen molar-refractivity contribution < 1.29 is 28.9 Å². The number of hydrogen-bond donors (Lipinski definition) is 2. The van der Waals surface area contributed by atoms with Gasteiger partial charge in [0, 0.05) is 5.69 Å². The molecule has 0 spiro atoms. The Bertz CT molecular complexity index is 1010. The zero-order valence-electron chi connectivity index (χ0n) is 15.7. The Labute approximate surface area is 172 Å². The number of esters is 1. The van der Waals surface area contributed by atoms with E-state index in [2.05, 4.69) is 5.32 Å². The predicted molar refractivity (Wildman–Crippen MR) is 107 cm³/mol. The highest BCUT2D eigenvalue weighted by molar-refractivity contribution is 6.32. The molecule has 0 amide bonds. The maximum Gasteiger partial charge on any atom is 0.347 e. The molecule has 0 bridgehead atoms. The highest BCUT2D eigenvalue weighted by Gasteiger charge is 2.37. The Morgan fingerprint density at radius 3 is 2.66 bits per heavy atom. The van der Waals surface area contributed by atoms with Gasteiger partial charge in [-0.25, -0.2) is 4.79 Å². The molecule has 0 fully saturated rings. The van der Waals surface area contributed by atoms with Crippen LogP contribution in [0.3, 0.4) is 0 Å². The fraction of sp³-hybridized carbons (Fsp3) is 0.143. The second-order valence-electron chi connectivity index (χ2n) is 5.91. The van der Waals surface area contributed by atoms with E-state index in [-0.39, 0.29) is 40.3 Å². The van der Waals surface area contributed by atoms with Gasteiger partial charge in [-0.1, -0.05) is 29.8 Å². The smallest absolute Gasteiger partial charge is 0.347 e. The van der Waals surface area contributed by atoms with E-state index in [0.29, 0.717) is 11.3 Å². The van der Waals surface area contributed by atoms with Gasteiger partial charge in [0.05, 0.1) is 18.7 Å². The Morgan fingerprint density at radius 1 is 1.28 bits per heavy atom. The third-order valence-corrected chi connectivity index (χ3v) is 4.26. The minimum absolute atomic E-state index is 0.0252. The number of anilines is 1. The Hall–Kier alpha value is -3.45. The summed E-state index contributed by atoms with van der Waals surface area (Å²) in [6.07, 6.45) is 1.40. The van der Waals surface area contributed by atoms with Crippen LogP contribution in [-0.4, -0.2) is 30.6 Å². The number of carbonyl (C=O) groups is 2. The Balaban J connectivity index is 1.98. The van der Waals surface area contributed by atoms with Gasteiger partial charge in [-0.3, -0.25) is 4.79 Å². The van der Waals surface area contributed by atoms with Crippen molar-refractivity contribution in [2.45, 2.75) is 6.92 Å². The molecule has 7 nitrogen and oxygen atoms in total. The normalized spacial score (nSPS) is 14.7. The van der Waals surface area contributed by atoms with Crippen LogP contribution in [0, 0.1) is 0 Å². The molecule has 29 heavy (non-hydrogen) atoms. The van der Waals surface area contributed by atoms with Crippen LogP contribution >= 0.6 is 11.6 Å². The number of carbonyl (C=O) groups excluding carboxylic acids is 2. The quantitative estimate of drug-likeness (QED) is 0.420. The van der Waals surface area contributed by atoms with Crippen molar-refractivity contribution in [1.82, 2.24) is 0 Å². The Morgan fingerprint density at radius 2 is 2.00 bits per heavy atom. The van der Waals surface area contributed by atoms with Crippen LogP contribution in [0.15, 0.2) is 59.7 Å². The number of halogens is 1. The van der Waals surface area contributed by atoms with E-state index >= 15 is 0 Å². The molecule has 0 saturated heterocycles. The zero-order chi connectivity index (χ0) is 21.0. The van der Waals surface area contributed by atoms with Crippen molar-refractivity contribution in [3.8, 4) is 11.5 Å². The van der Waals surface area contributed by atoms with Gasteiger partial charge in [-0.05, 0) is 42.8 Å². The van der Waals surface area contributed by atoms with Gasteiger partial charge in [0.2, 0.25) is 11.7 Å². The van der Waals surface area contributed by atoms with Crippen molar-refractivity contribution in [3.63, 3.8) is 0 Å². The molecule has 3 rings (SSSR count). The lowest BCUT2D eigenvalue weighted by atomic mass is 10.1. The summed E-state index contributed by atoms with van der Waals surface area (Å²) in [5.41, 5.74) is 0.837. The van der Waals surface area contributed by atoms with Crippen molar-refractivity contribution in [2.75, 3.05) is 19.0 Å². The standard InChI is InChI=1S/C21H18ClNO6/c1-3-28-21(26)17-19(25)16(29-20(17)23-13-7-5-4-6-8-13)11-12-9-14(22)18(24)15(10-12)27-2/h4-11,23-24H,3H2,1-2H3/b16-11+. The van der Waals surface area contributed by atoms with Gasteiger partial charge < -0.3 is 24.6 Å². The van der Waals surface area contributed by atoms with E-state index in [1.54, 1.807) is 31.2 Å². The number of aromatic hydroxyl groups is 1. The molecular weight excluding hydrogens is 398 g/mol. The van der Waals surface area contributed by atoms with Crippen LogP contribution in [0.2, 0.25) is 5.02 Å². The number of ether oxygens (including phenoxy) is 3. The molecule has 1 aliphatic heterocycles. The molecule has 0 atom stereocenters. The minimum Gasteiger partial charge on any atom is -0.503 e. The van der Waals surface area contributed by atoms with E-state index in [9.17, 15) is 14.7 Å². The lowest BCUT2D eigenvalue weighted by Crippen LogP contribution is -2.16. The number of phenols is 1. The molecule has 0 radical (unpaired) electrons. The van der Waals surface area contributed by atoms with E-state index in [1.807, 2.05) is 6.07 Å². The van der Waals surface area contributed by atoms with Gasteiger partial charge >= 0.3 is 5.97 Å². The summed E-state index contributed by atoms with van der Waals surface area (Å²) in [5, 5.41) is 12.8. The third kappa shape index (κ3) is 4.35. The van der Waals surface area contributed by atoms with Gasteiger partial charge in [0.1, 0.15) is 0 Å². The average molecular weight is 416 g/mol. The molecule has 2 aromatic rings. The molecule has 0 saturated carbocycles. The summed E-state index contributed by atoms with van der Waals surface area (Å²) >= 11 is 5.99. The van der Waals surface area contributed by atoms with Gasteiger partial charge in [-0.2, -0.15) is 0 Å². The van der Waals surface area contributed by atoms with E-state index in [1.165, 1.54) is 25.3 Å². The maximum atomic E-state index is 12.8. The summed E-state index contributed by atoms with van der Waals surface area (Å²) < 4.78 is 15.7. The number of allylic oxidation sites excluding steroid dienone is 1. The van der Waals surface area contributed by atoms with Crippen molar-refractivity contribution in [2.24, 2.45) is 0 Å². The van der Waals surface area contributed by atoms with Gasteiger partial charge in [0.15, 0.2) is 22.8 Å². The summed E-state index contributed by atoms with van der Waals surface area (Å²) in [5.74, 6) is -1.63. The number of rotatable bonds is 6. The molecule has 8 heteroatoms. The molecule has 0 aromatic heterocycles. The first-order chi connectivity index (χ1) is 13.9. The summed E-state index contributed by atoms with van der Waals surface area (Å²) in [6.45, 7) is 1.75. The fourth-order valence-electron chi connectivity index (χ4n) is 2.64. The van der Waals surface area contributed by atoms with Crippen molar-refractivity contribution in [3.05, 3.63) is 70.3 Å². The van der Waals surface area contributed by atoms with Gasteiger partial charge in [0.25, 0.3) is 0 Å². The number of benzene rings is 2. The molecule has 1 aliphatic rings. The number of phenolic OH excluding ortho intramolecular Hbond substituents is 1. The van der Waals surface area contributed by atoms with Crippen LogP contribution in [-0.2, 0) is 19.1 Å². The van der Waals surface area contributed by atoms with Crippen molar-refractivity contribution >= 4 is 35.1 Å². The highest BCUT2D eigenvalue weighted by Crippen LogP contribution is 2.36. The van der Waals surface area contributed by atoms with Crippen LogP contribution in [0.5, 0.6) is 11.5 Å². The molecule has 0 aliphatic carbocycles. The van der Waals surface area contributed by atoms with Crippen LogP contribution < -0.4 is 10.1 Å². The molecule has 0 unspecified atom stereocenters. The minimum atomic E-state index is -0.791. The lowest BCUT2D eigenvalue weighted by molar-refractivity contribution is -0.139. The molecule has 2 aromatic carbocycles. The largest absolute Gasteiger partial charge is 0.503 e. The van der Waals surface area contributed by atoms with Crippen LogP contribution in [0.25, 0.3) is 6.08 Å². The SMILES string of the molecule is CCOC(=O)C1=C(Nc2ccccc2)O/C(=C/c2cc(Cl)c(O)c(OC)c2)C1=O. The fourth-order valence-corrected chi connectivity index (χ4v) is 2.86. The topological polar surface area (TPSA) is 94.1 Å². The summed E-state index contributed by atoms with van der Waals surface area (Å²) in [4.78, 5) is 25.2. The number of nitrogens with one attached hydrogen (secondary N) is 1. The van der Waals surface area contributed by atoms with Crippen LogP contribution in [0.1, 0.15) is 12.5 Å². The average Bonchev–Trinajstić information content (AvgIpc) is 3.00. The van der Waals surface area contributed by atoms with E-state index in [0.717, 1.165) is 0 Å². The summed E-state index contributed by atoms with van der Waals surface area (Å²) in [6, 6.07) is 11.9. The molecule has 1 heterocycles. The first kappa shape index (κ1) is 20.3. The number of hydrogen-bond acceptors (Lipinski definition) is 7. The highest BCUT2D eigenvalue weighted by atomic mass is 35.5. The van der Waals surface area contributed by atoms with E-state index in [4.69, 9.17) is 25.8 Å². The summed E-state index contributed by atoms with van der Waals surface area (Å²) in [7, 11) is 1.38.